The zero-order valence-corrected chi connectivity index (χ0v) is 13.8. The van der Waals surface area contributed by atoms with E-state index in [0.717, 1.165) is 24.2 Å². The summed E-state index contributed by atoms with van der Waals surface area (Å²) in [6.45, 7) is 1.09. The van der Waals surface area contributed by atoms with E-state index in [1.54, 1.807) is 12.3 Å². The molecule has 6 heteroatoms. The van der Waals surface area contributed by atoms with Crippen molar-refractivity contribution in [3.8, 4) is 5.75 Å². The van der Waals surface area contributed by atoms with Crippen LogP contribution in [0.3, 0.4) is 0 Å². The molecule has 0 bridgehead atoms. The highest BCUT2D eigenvalue weighted by Gasteiger charge is 2.39. The maximum atomic E-state index is 14.1. The molecule has 2 atom stereocenters. The van der Waals surface area contributed by atoms with Gasteiger partial charge in [-0.05, 0) is 54.5 Å². The van der Waals surface area contributed by atoms with Crippen molar-refractivity contribution in [3.05, 3.63) is 54.0 Å². The smallest absolute Gasteiger partial charge is 0.303 e. The lowest BCUT2D eigenvalue weighted by Crippen LogP contribution is -2.08. The number of pyridine rings is 1. The van der Waals surface area contributed by atoms with Gasteiger partial charge in [0, 0.05) is 19.2 Å². The van der Waals surface area contributed by atoms with Crippen molar-refractivity contribution in [2.75, 3.05) is 18.5 Å². The van der Waals surface area contributed by atoms with Crippen LogP contribution in [0, 0.1) is 11.7 Å². The molecular formula is C19H21FN2O3. The molecule has 3 rings (SSSR count). The number of aromatic nitrogens is 1. The average molecular weight is 344 g/mol. The largest absolute Gasteiger partial charge is 0.490 e. The van der Waals surface area contributed by atoms with Crippen LogP contribution in [-0.2, 0) is 4.79 Å². The number of anilines is 1. The summed E-state index contributed by atoms with van der Waals surface area (Å²) in [6, 6.07) is 10.6. The van der Waals surface area contributed by atoms with Crippen LogP contribution < -0.4 is 10.1 Å². The topological polar surface area (TPSA) is 71.5 Å². The highest BCUT2D eigenvalue weighted by molar-refractivity contribution is 5.67. The molecule has 1 saturated carbocycles. The lowest BCUT2D eigenvalue weighted by atomic mass is 10.1. The number of rotatable bonds is 9. The number of carboxylic acid groups (broad SMARTS) is 1. The zero-order chi connectivity index (χ0) is 17.6. The number of nitrogens with one attached hydrogen (secondary N) is 1. The third kappa shape index (κ3) is 4.92. The molecule has 1 aliphatic carbocycles. The van der Waals surface area contributed by atoms with E-state index in [1.165, 1.54) is 6.07 Å². The summed E-state index contributed by atoms with van der Waals surface area (Å²) in [5, 5.41) is 12.0. The van der Waals surface area contributed by atoms with Crippen molar-refractivity contribution in [1.82, 2.24) is 4.98 Å². The van der Waals surface area contributed by atoms with Gasteiger partial charge in [-0.25, -0.2) is 9.37 Å². The van der Waals surface area contributed by atoms with E-state index >= 15 is 0 Å². The highest BCUT2D eigenvalue weighted by Crippen LogP contribution is 2.49. The Kier molecular flexibility index (Phi) is 5.48. The molecule has 1 aliphatic rings. The average Bonchev–Trinajstić information content (AvgIpc) is 3.35. The van der Waals surface area contributed by atoms with Gasteiger partial charge in [0.1, 0.15) is 5.82 Å². The minimum Gasteiger partial charge on any atom is -0.490 e. The van der Waals surface area contributed by atoms with Crippen molar-refractivity contribution in [1.29, 1.82) is 0 Å². The number of ether oxygens (including phenoxy) is 1. The fourth-order valence-electron chi connectivity index (χ4n) is 2.91. The molecule has 2 N–H and O–H groups in total. The summed E-state index contributed by atoms with van der Waals surface area (Å²) in [5.41, 5.74) is 0.855. The van der Waals surface area contributed by atoms with Gasteiger partial charge >= 0.3 is 5.97 Å². The second-order valence-corrected chi connectivity index (χ2v) is 6.23. The second-order valence-electron chi connectivity index (χ2n) is 6.23. The quantitative estimate of drug-likeness (QED) is 0.679. The molecule has 1 heterocycles. The Balaban J connectivity index is 1.42. The number of aliphatic carboxylic acids is 1. The molecule has 25 heavy (non-hydrogen) atoms. The summed E-state index contributed by atoms with van der Waals surface area (Å²) >= 11 is 0. The zero-order valence-electron chi connectivity index (χ0n) is 13.8. The van der Waals surface area contributed by atoms with Crippen LogP contribution in [0.15, 0.2) is 42.6 Å². The van der Waals surface area contributed by atoms with Crippen LogP contribution >= 0.6 is 0 Å². The third-order valence-corrected chi connectivity index (χ3v) is 4.29. The molecule has 1 aromatic heterocycles. The molecule has 132 valence electrons. The van der Waals surface area contributed by atoms with Gasteiger partial charge in [-0.2, -0.15) is 0 Å². The molecule has 2 aromatic rings. The monoisotopic (exact) mass is 344 g/mol. The van der Waals surface area contributed by atoms with Crippen molar-refractivity contribution >= 4 is 11.8 Å². The van der Waals surface area contributed by atoms with E-state index in [-0.39, 0.29) is 24.0 Å². The Morgan fingerprint density at radius 2 is 2.24 bits per heavy atom. The van der Waals surface area contributed by atoms with Crippen LogP contribution in [0.1, 0.15) is 30.7 Å². The Morgan fingerprint density at radius 1 is 1.36 bits per heavy atom. The fraction of sp³-hybridized carbons (Fsp3) is 0.368. The van der Waals surface area contributed by atoms with E-state index in [4.69, 9.17) is 9.84 Å². The van der Waals surface area contributed by atoms with Gasteiger partial charge in [0.15, 0.2) is 11.6 Å². The molecule has 2 unspecified atom stereocenters. The number of carbonyl (C=O) groups is 1. The molecule has 0 amide bonds. The molecule has 0 saturated heterocycles. The third-order valence-electron chi connectivity index (χ3n) is 4.29. The van der Waals surface area contributed by atoms with E-state index in [2.05, 4.69) is 10.3 Å². The predicted octanol–water partition coefficient (Wildman–Crippen LogP) is 3.68. The van der Waals surface area contributed by atoms with Crippen molar-refractivity contribution in [3.63, 3.8) is 0 Å². The first-order valence-electron chi connectivity index (χ1n) is 8.42. The normalized spacial score (nSPS) is 18.6. The first-order chi connectivity index (χ1) is 12.1. The maximum Gasteiger partial charge on any atom is 0.303 e. The fourth-order valence-corrected chi connectivity index (χ4v) is 2.91. The Bertz CT molecular complexity index is 724. The SMILES string of the molecule is O=C(O)CC1CC1c1ccc(OCCCNc2ccccn2)c(F)c1. The molecular weight excluding hydrogens is 323 g/mol. The maximum absolute atomic E-state index is 14.1. The molecule has 5 nitrogen and oxygen atoms in total. The van der Waals surface area contributed by atoms with Gasteiger partial charge in [0.2, 0.25) is 0 Å². The summed E-state index contributed by atoms with van der Waals surface area (Å²) in [4.78, 5) is 14.9. The van der Waals surface area contributed by atoms with Crippen LogP contribution in [0.25, 0.3) is 0 Å². The van der Waals surface area contributed by atoms with E-state index < -0.39 is 11.8 Å². The molecule has 1 aromatic carbocycles. The first kappa shape index (κ1) is 17.2. The van der Waals surface area contributed by atoms with E-state index in [0.29, 0.717) is 13.2 Å². The number of hydrogen-bond acceptors (Lipinski definition) is 4. The molecule has 0 aliphatic heterocycles. The number of nitrogens with zero attached hydrogens (tertiary/aromatic N) is 1. The van der Waals surface area contributed by atoms with Gasteiger partial charge in [0.25, 0.3) is 0 Å². The number of benzene rings is 1. The minimum atomic E-state index is -0.799. The van der Waals surface area contributed by atoms with Crippen LogP contribution in [0.4, 0.5) is 10.2 Å². The summed E-state index contributed by atoms with van der Waals surface area (Å²) in [7, 11) is 0. The number of halogens is 1. The number of carboxylic acids is 1. The lowest BCUT2D eigenvalue weighted by Gasteiger charge is -2.09. The van der Waals surface area contributed by atoms with Crippen LogP contribution in [0.2, 0.25) is 0 Å². The minimum absolute atomic E-state index is 0.126. The summed E-state index contributed by atoms with van der Waals surface area (Å²) in [5.74, 6) is 0.127. The standard InChI is InChI=1S/C19H21FN2O3/c20-16-11-13(15-10-14(15)12-19(23)24)5-6-17(16)25-9-3-8-22-18-4-1-2-7-21-18/h1-2,4-7,11,14-15H,3,8-10,12H2,(H,21,22)(H,23,24). The molecule has 1 fully saturated rings. The lowest BCUT2D eigenvalue weighted by molar-refractivity contribution is -0.137. The summed E-state index contributed by atoms with van der Waals surface area (Å²) in [6.07, 6.45) is 3.40. The predicted molar refractivity (Wildman–Crippen MR) is 92.3 cm³/mol. The second kappa shape index (κ2) is 7.96. The van der Waals surface area contributed by atoms with Crippen LogP contribution in [-0.4, -0.2) is 29.2 Å². The Hall–Kier alpha value is -2.63. The van der Waals surface area contributed by atoms with Gasteiger partial charge < -0.3 is 15.2 Å². The van der Waals surface area contributed by atoms with Gasteiger partial charge in [0.05, 0.1) is 6.61 Å². The Labute approximate surface area is 145 Å². The van der Waals surface area contributed by atoms with Crippen molar-refractivity contribution in [2.24, 2.45) is 5.92 Å². The van der Waals surface area contributed by atoms with Crippen molar-refractivity contribution in [2.45, 2.75) is 25.2 Å². The highest BCUT2D eigenvalue weighted by atomic mass is 19.1. The van der Waals surface area contributed by atoms with Crippen molar-refractivity contribution < 1.29 is 19.0 Å². The first-order valence-corrected chi connectivity index (χ1v) is 8.42. The Morgan fingerprint density at radius 3 is 2.96 bits per heavy atom. The van der Waals surface area contributed by atoms with Gasteiger partial charge in [-0.3, -0.25) is 4.79 Å². The van der Waals surface area contributed by atoms with E-state index in [1.807, 2.05) is 24.3 Å². The van der Waals surface area contributed by atoms with E-state index in [9.17, 15) is 9.18 Å². The van der Waals surface area contributed by atoms with Gasteiger partial charge in [-0.1, -0.05) is 12.1 Å². The summed E-state index contributed by atoms with van der Waals surface area (Å²) < 4.78 is 19.6. The van der Waals surface area contributed by atoms with Crippen LogP contribution in [0.5, 0.6) is 5.75 Å². The molecule has 0 radical (unpaired) electrons. The number of hydrogen-bond donors (Lipinski definition) is 2. The molecule has 0 spiro atoms. The van der Waals surface area contributed by atoms with Gasteiger partial charge in [-0.15, -0.1) is 0 Å².